The Morgan fingerprint density at radius 3 is 2.82 bits per heavy atom. The summed E-state index contributed by atoms with van der Waals surface area (Å²) in [6.45, 7) is 7.62. The zero-order chi connectivity index (χ0) is 23.8. The van der Waals surface area contributed by atoms with Gasteiger partial charge in [0.05, 0.1) is 17.1 Å². The molecule has 34 heavy (non-hydrogen) atoms. The van der Waals surface area contributed by atoms with E-state index in [4.69, 9.17) is 4.74 Å². The van der Waals surface area contributed by atoms with Gasteiger partial charge in [0.2, 0.25) is 5.91 Å². The standard InChI is InChI=1S/C28H38N2O4/c1-4-14-30-15-13-27-23-19-9-10-21(31)24(23)34-25(27)20(11-12-28(27,33)22(30)16-19)29(3)26(32)17(2)18-7-5-6-8-18/h4,9-10,17-18,20,22,25,31,33H,1,5-8,11-16H2,2-3H3/t17?,20-,22-,25+,27+,28-/m1/s1. The van der Waals surface area contributed by atoms with Gasteiger partial charge in [-0.3, -0.25) is 9.69 Å². The molecule has 6 rings (SSSR count). The van der Waals surface area contributed by atoms with Gasteiger partial charge >= 0.3 is 0 Å². The number of carbonyl (C=O) groups is 1. The van der Waals surface area contributed by atoms with Crippen LogP contribution in [0.25, 0.3) is 0 Å². The number of nitrogens with zero attached hydrogens (tertiary/aromatic N) is 2. The monoisotopic (exact) mass is 466 g/mol. The predicted octanol–water partition coefficient (Wildman–Crippen LogP) is 3.39. The Hall–Kier alpha value is -2.05. The quantitative estimate of drug-likeness (QED) is 0.651. The lowest BCUT2D eigenvalue weighted by Crippen LogP contribution is -2.78. The molecule has 2 N–H and O–H groups in total. The molecular weight excluding hydrogens is 428 g/mol. The first-order chi connectivity index (χ1) is 16.3. The maximum atomic E-state index is 13.6. The molecule has 2 bridgehead atoms. The second-order valence-corrected chi connectivity index (χ2v) is 11.5. The number of aromatic hydroxyl groups is 1. The van der Waals surface area contributed by atoms with Crippen LogP contribution in [-0.2, 0) is 16.6 Å². The summed E-state index contributed by atoms with van der Waals surface area (Å²) in [5.41, 5.74) is 0.601. The van der Waals surface area contributed by atoms with Crippen molar-refractivity contribution in [2.45, 2.75) is 87.5 Å². The number of likely N-dealkylation sites (tertiary alicyclic amines) is 1. The Morgan fingerprint density at radius 1 is 1.32 bits per heavy atom. The van der Waals surface area contributed by atoms with Gasteiger partial charge in [0.1, 0.15) is 6.10 Å². The fourth-order valence-corrected chi connectivity index (χ4v) is 8.53. The van der Waals surface area contributed by atoms with Gasteiger partial charge in [-0.15, -0.1) is 6.58 Å². The van der Waals surface area contributed by atoms with Gasteiger partial charge in [0.25, 0.3) is 0 Å². The van der Waals surface area contributed by atoms with Crippen LogP contribution in [0.1, 0.15) is 63.0 Å². The highest BCUT2D eigenvalue weighted by Crippen LogP contribution is 2.65. The van der Waals surface area contributed by atoms with Gasteiger partial charge in [-0.1, -0.05) is 31.9 Å². The van der Waals surface area contributed by atoms with Gasteiger partial charge in [-0.25, -0.2) is 0 Å². The van der Waals surface area contributed by atoms with Crippen LogP contribution in [0.2, 0.25) is 0 Å². The number of carbonyl (C=O) groups excluding carboxylic acids is 1. The second kappa shape index (κ2) is 7.72. The van der Waals surface area contributed by atoms with Gasteiger partial charge in [0.15, 0.2) is 11.5 Å². The molecule has 1 saturated heterocycles. The van der Waals surface area contributed by atoms with Gasteiger partial charge in [0, 0.05) is 31.1 Å². The number of aliphatic hydroxyl groups is 1. The number of benzene rings is 1. The molecule has 2 aliphatic heterocycles. The van der Waals surface area contributed by atoms with E-state index in [1.807, 2.05) is 24.1 Å². The Kier molecular flexibility index (Phi) is 5.09. The topological polar surface area (TPSA) is 73.2 Å². The zero-order valence-electron chi connectivity index (χ0n) is 20.5. The lowest BCUT2D eigenvalue weighted by Gasteiger charge is -2.64. The van der Waals surface area contributed by atoms with Crippen molar-refractivity contribution in [1.29, 1.82) is 0 Å². The number of ether oxygens (including phenoxy) is 1. The first-order valence-corrected chi connectivity index (χ1v) is 13.2. The van der Waals surface area contributed by atoms with Crippen LogP contribution in [-0.4, -0.2) is 69.8 Å². The van der Waals surface area contributed by atoms with E-state index in [1.165, 1.54) is 12.8 Å². The summed E-state index contributed by atoms with van der Waals surface area (Å²) >= 11 is 0. The Bertz CT molecular complexity index is 1020. The molecule has 2 saturated carbocycles. The van der Waals surface area contributed by atoms with E-state index in [9.17, 15) is 15.0 Å². The number of amides is 1. The molecule has 1 unspecified atom stereocenters. The number of phenolic OH excluding ortho intramolecular Hbond substituents is 1. The molecule has 6 atom stereocenters. The summed E-state index contributed by atoms with van der Waals surface area (Å²) < 4.78 is 6.62. The molecule has 6 nitrogen and oxygen atoms in total. The smallest absolute Gasteiger partial charge is 0.225 e. The summed E-state index contributed by atoms with van der Waals surface area (Å²) in [5, 5.41) is 23.3. The molecule has 6 heteroatoms. The summed E-state index contributed by atoms with van der Waals surface area (Å²) in [5.74, 6) is 1.34. The van der Waals surface area contributed by atoms with Crippen molar-refractivity contribution >= 4 is 5.91 Å². The minimum Gasteiger partial charge on any atom is -0.504 e. The van der Waals surface area contributed by atoms with Crippen LogP contribution >= 0.6 is 0 Å². The van der Waals surface area contributed by atoms with Crippen molar-refractivity contribution in [2.75, 3.05) is 20.1 Å². The normalized spacial score (nSPS) is 37.1. The van der Waals surface area contributed by atoms with Crippen molar-refractivity contribution in [3.63, 3.8) is 0 Å². The van der Waals surface area contributed by atoms with E-state index < -0.39 is 11.0 Å². The molecule has 5 aliphatic rings. The Labute approximate surface area is 202 Å². The third-order valence-corrected chi connectivity index (χ3v) is 10.2. The Balaban J connectivity index is 1.41. The van der Waals surface area contributed by atoms with Crippen molar-refractivity contribution in [3.05, 3.63) is 35.9 Å². The minimum absolute atomic E-state index is 0.00657. The van der Waals surface area contributed by atoms with Gasteiger partial charge in [-0.2, -0.15) is 0 Å². The SMILES string of the molecule is C=CCN1CC[C@]23c4c5ccc(O)c4O[C@H]2[C@H](N(C)C(=O)C(C)C2CCCC2)CC[C@@]3(O)[C@H]1C5. The molecule has 0 radical (unpaired) electrons. The van der Waals surface area contributed by atoms with E-state index in [0.29, 0.717) is 24.5 Å². The van der Waals surface area contributed by atoms with Crippen molar-refractivity contribution < 1.29 is 19.7 Å². The fourth-order valence-electron chi connectivity index (χ4n) is 8.53. The van der Waals surface area contributed by atoms with Gasteiger partial charge < -0.3 is 19.8 Å². The third kappa shape index (κ3) is 2.73. The number of likely N-dealkylation sites (N-methyl/N-ethyl adjacent to an activating group) is 1. The first-order valence-electron chi connectivity index (χ1n) is 13.2. The van der Waals surface area contributed by atoms with E-state index in [-0.39, 0.29) is 35.8 Å². The highest BCUT2D eigenvalue weighted by molar-refractivity contribution is 5.79. The highest BCUT2D eigenvalue weighted by atomic mass is 16.5. The average Bonchev–Trinajstić information content (AvgIpc) is 3.47. The van der Waals surface area contributed by atoms with Crippen molar-refractivity contribution in [2.24, 2.45) is 11.8 Å². The zero-order valence-corrected chi connectivity index (χ0v) is 20.5. The maximum Gasteiger partial charge on any atom is 0.225 e. The molecular formula is C28H38N2O4. The van der Waals surface area contributed by atoms with E-state index in [0.717, 1.165) is 49.9 Å². The van der Waals surface area contributed by atoms with Crippen LogP contribution in [0.3, 0.4) is 0 Å². The molecule has 1 amide bonds. The van der Waals surface area contributed by atoms with Crippen molar-refractivity contribution in [3.8, 4) is 11.5 Å². The number of hydrogen-bond acceptors (Lipinski definition) is 5. The molecule has 184 valence electrons. The summed E-state index contributed by atoms with van der Waals surface area (Å²) in [4.78, 5) is 17.9. The summed E-state index contributed by atoms with van der Waals surface area (Å²) in [6, 6.07) is 3.59. The lowest BCUT2D eigenvalue weighted by molar-refractivity contribution is -0.199. The third-order valence-electron chi connectivity index (χ3n) is 10.2. The van der Waals surface area contributed by atoms with Crippen LogP contribution in [0.15, 0.2) is 24.8 Å². The maximum absolute atomic E-state index is 13.6. The van der Waals surface area contributed by atoms with Gasteiger partial charge in [-0.05, 0) is 62.6 Å². The largest absolute Gasteiger partial charge is 0.504 e. The predicted molar refractivity (Wildman–Crippen MR) is 130 cm³/mol. The number of rotatable bonds is 5. The molecule has 0 aromatic heterocycles. The Morgan fingerprint density at radius 2 is 2.09 bits per heavy atom. The van der Waals surface area contributed by atoms with E-state index in [2.05, 4.69) is 18.4 Å². The second-order valence-electron chi connectivity index (χ2n) is 11.5. The van der Waals surface area contributed by atoms with E-state index >= 15 is 0 Å². The molecule has 3 fully saturated rings. The highest BCUT2D eigenvalue weighted by Gasteiger charge is 2.73. The van der Waals surface area contributed by atoms with Crippen LogP contribution in [0, 0.1) is 11.8 Å². The van der Waals surface area contributed by atoms with Crippen LogP contribution < -0.4 is 4.74 Å². The number of phenols is 1. The van der Waals surface area contributed by atoms with E-state index in [1.54, 1.807) is 6.07 Å². The fraction of sp³-hybridized carbons (Fsp3) is 0.679. The number of piperidine rings is 1. The minimum atomic E-state index is -0.956. The molecule has 1 aromatic carbocycles. The molecule has 1 aromatic rings. The lowest BCUT2D eigenvalue weighted by atomic mass is 9.48. The molecule has 1 spiro atoms. The average molecular weight is 467 g/mol. The summed E-state index contributed by atoms with van der Waals surface area (Å²) in [6.07, 6.45) is 9.09. The van der Waals surface area contributed by atoms with Crippen molar-refractivity contribution in [1.82, 2.24) is 9.80 Å². The summed E-state index contributed by atoms with van der Waals surface area (Å²) in [7, 11) is 1.93. The molecule has 2 heterocycles. The number of hydrogen-bond donors (Lipinski definition) is 2. The first kappa shape index (κ1) is 22.4. The molecule has 3 aliphatic carbocycles. The van der Waals surface area contributed by atoms with Crippen LogP contribution in [0.4, 0.5) is 0 Å². The van der Waals surface area contributed by atoms with Crippen LogP contribution in [0.5, 0.6) is 11.5 Å².